The van der Waals surface area contributed by atoms with E-state index in [0.29, 0.717) is 16.3 Å². The quantitative estimate of drug-likeness (QED) is 0.211. The van der Waals surface area contributed by atoms with Crippen molar-refractivity contribution in [2.45, 2.75) is 31.0 Å². The summed E-state index contributed by atoms with van der Waals surface area (Å²) in [5.74, 6) is -2.97. The van der Waals surface area contributed by atoms with Crippen LogP contribution in [0.1, 0.15) is 34.8 Å². The highest BCUT2D eigenvalue weighted by atomic mass is 35.5. The lowest BCUT2D eigenvalue weighted by Crippen LogP contribution is -2.49. The molecule has 1 unspecified atom stereocenters. The van der Waals surface area contributed by atoms with Crippen molar-refractivity contribution in [3.05, 3.63) is 81.1 Å². The Morgan fingerprint density at radius 2 is 1.65 bits per heavy atom. The molecular formula is C25H20Cl2F4N2O4. The van der Waals surface area contributed by atoms with Gasteiger partial charge in [0.05, 0.1) is 15.8 Å². The number of carbonyl (C=O) groups excluding carboxylic acids is 1. The van der Waals surface area contributed by atoms with E-state index in [1.807, 2.05) is 0 Å². The maximum atomic E-state index is 14.4. The number of nitrogens with zero attached hydrogens (tertiary/aromatic N) is 1. The Hall–Kier alpha value is -2.92. The number of alkyl halides is 3. The van der Waals surface area contributed by atoms with Crippen LogP contribution in [0.5, 0.6) is 0 Å². The van der Waals surface area contributed by atoms with Gasteiger partial charge >= 0.3 is 6.18 Å². The molecule has 0 saturated carbocycles. The van der Waals surface area contributed by atoms with Crippen molar-refractivity contribution in [3.8, 4) is 0 Å². The molecule has 0 aromatic heterocycles. The first-order valence-electron chi connectivity index (χ1n) is 10.8. The van der Waals surface area contributed by atoms with Gasteiger partial charge in [0.2, 0.25) is 5.91 Å². The highest BCUT2D eigenvalue weighted by molar-refractivity contribution is 6.35. The summed E-state index contributed by atoms with van der Waals surface area (Å²) < 4.78 is 67.5. The molecule has 1 atom stereocenters. The van der Waals surface area contributed by atoms with Crippen molar-refractivity contribution in [2.24, 2.45) is 5.16 Å². The summed E-state index contributed by atoms with van der Waals surface area (Å²) in [6, 6.07) is 11.2. The van der Waals surface area contributed by atoms with Gasteiger partial charge in [0.1, 0.15) is 0 Å². The van der Waals surface area contributed by atoms with Crippen molar-refractivity contribution in [3.63, 3.8) is 0 Å². The molecule has 0 spiro atoms. The number of halogens is 6. The average molecular weight is 559 g/mol. The Labute approximate surface area is 219 Å². The molecule has 1 amide bonds. The molecule has 1 heterocycles. The van der Waals surface area contributed by atoms with Gasteiger partial charge in [0.25, 0.3) is 11.5 Å². The third kappa shape index (κ3) is 4.74. The summed E-state index contributed by atoms with van der Waals surface area (Å²) in [4.78, 5) is 18.0. The molecule has 37 heavy (non-hydrogen) atoms. The Morgan fingerprint density at radius 1 is 1.05 bits per heavy atom. The third-order valence-corrected chi connectivity index (χ3v) is 6.79. The van der Waals surface area contributed by atoms with Crippen LogP contribution in [0.3, 0.4) is 0 Å². The van der Waals surface area contributed by atoms with Gasteiger partial charge in [-0.15, -0.1) is 0 Å². The molecule has 3 aromatic carbocycles. The highest BCUT2D eigenvalue weighted by Gasteiger charge is 2.62. The molecule has 0 bridgehead atoms. The average Bonchev–Trinajstić information content (AvgIpc) is 3.33. The molecule has 196 valence electrons. The zero-order chi connectivity index (χ0) is 27.2. The maximum Gasteiger partial charge on any atom is 0.435 e. The first-order valence-corrected chi connectivity index (χ1v) is 11.5. The molecule has 3 aromatic rings. The smallest absolute Gasteiger partial charge is 0.374 e. The molecule has 0 radical (unpaired) electrons. The minimum absolute atomic E-state index is 0.0318. The van der Waals surface area contributed by atoms with Crippen molar-refractivity contribution in [2.75, 3.05) is 14.2 Å². The number of hydrogen-bond acceptors (Lipinski definition) is 5. The number of hydrogen-bond donors (Lipinski definition) is 1. The van der Waals surface area contributed by atoms with Gasteiger partial charge < -0.3 is 19.6 Å². The van der Waals surface area contributed by atoms with E-state index < -0.39 is 51.4 Å². The van der Waals surface area contributed by atoms with Crippen LogP contribution in [0.15, 0.2) is 53.7 Å². The SMILES string of the molecule is COC(C)(NC(=O)c1ccc(C2=NOC(c3cc(Cl)c(F)c(Cl)c3)(C(F)(F)F)C2)c2ccccc12)OC. The van der Waals surface area contributed by atoms with Gasteiger partial charge in [0, 0.05) is 44.3 Å². The lowest BCUT2D eigenvalue weighted by molar-refractivity contribution is -0.275. The van der Waals surface area contributed by atoms with Crippen LogP contribution >= 0.6 is 23.2 Å². The van der Waals surface area contributed by atoms with Gasteiger partial charge in [-0.1, -0.05) is 58.7 Å². The van der Waals surface area contributed by atoms with E-state index in [0.717, 1.165) is 12.1 Å². The van der Waals surface area contributed by atoms with E-state index in [2.05, 4.69) is 10.5 Å². The first-order chi connectivity index (χ1) is 17.4. The second-order valence-electron chi connectivity index (χ2n) is 8.40. The van der Waals surface area contributed by atoms with Gasteiger partial charge in [-0.2, -0.15) is 13.2 Å². The Morgan fingerprint density at radius 3 is 2.22 bits per heavy atom. The van der Waals surface area contributed by atoms with Crippen LogP contribution in [0, 0.1) is 5.82 Å². The minimum Gasteiger partial charge on any atom is -0.374 e. The lowest BCUT2D eigenvalue weighted by atomic mass is 9.85. The van der Waals surface area contributed by atoms with Gasteiger partial charge in [-0.25, -0.2) is 4.39 Å². The molecule has 4 rings (SSSR count). The van der Waals surface area contributed by atoms with Crippen LogP contribution in [-0.4, -0.2) is 37.9 Å². The number of rotatable bonds is 6. The summed E-state index contributed by atoms with van der Waals surface area (Å²) in [7, 11) is 2.72. The number of ether oxygens (including phenoxy) is 2. The fraction of sp³-hybridized carbons (Fsp3) is 0.280. The van der Waals surface area contributed by atoms with Crippen LogP contribution in [-0.2, 0) is 19.9 Å². The Balaban J connectivity index is 1.77. The Bertz CT molecular complexity index is 1390. The summed E-state index contributed by atoms with van der Waals surface area (Å²) >= 11 is 11.6. The van der Waals surface area contributed by atoms with Gasteiger partial charge in [-0.05, 0) is 29.0 Å². The molecule has 1 aliphatic heterocycles. The Kier molecular flexibility index (Phi) is 7.15. The maximum absolute atomic E-state index is 14.4. The van der Waals surface area contributed by atoms with E-state index in [9.17, 15) is 22.4 Å². The second-order valence-corrected chi connectivity index (χ2v) is 9.21. The minimum atomic E-state index is -4.96. The molecule has 1 aliphatic rings. The predicted molar refractivity (Wildman–Crippen MR) is 130 cm³/mol. The zero-order valence-electron chi connectivity index (χ0n) is 19.7. The summed E-state index contributed by atoms with van der Waals surface area (Å²) in [5, 5.41) is 6.14. The summed E-state index contributed by atoms with van der Waals surface area (Å²) in [6.45, 7) is 1.51. The van der Waals surface area contributed by atoms with E-state index >= 15 is 0 Å². The topological polar surface area (TPSA) is 69.2 Å². The molecule has 0 fully saturated rings. The number of benzene rings is 3. The number of amides is 1. The molecule has 0 saturated heterocycles. The number of oxime groups is 1. The normalized spacial score (nSPS) is 18.0. The number of fused-ring (bicyclic) bond motifs is 1. The second kappa shape index (κ2) is 9.75. The standard InChI is InChI=1S/C25H20Cl2F4N2O4/c1-23(35-2,36-3)32-22(34)17-9-8-16(14-6-4-5-7-15(14)17)20-12-24(37-33-20,25(29,30)31)13-10-18(26)21(28)19(27)11-13/h4-11H,12H2,1-3H3,(H,32,34). The first kappa shape index (κ1) is 27.1. The molecule has 0 aliphatic carbocycles. The number of nitrogens with one attached hydrogen (secondary N) is 1. The molecular weight excluding hydrogens is 539 g/mol. The van der Waals surface area contributed by atoms with E-state index in [4.69, 9.17) is 37.5 Å². The fourth-order valence-corrected chi connectivity index (χ4v) is 4.53. The van der Waals surface area contributed by atoms with E-state index in [-0.39, 0.29) is 11.3 Å². The summed E-state index contributed by atoms with van der Waals surface area (Å²) in [5.41, 5.74) is -2.92. The van der Waals surface area contributed by atoms with Crippen molar-refractivity contribution >= 4 is 45.6 Å². The number of carbonyl (C=O) groups is 1. The highest BCUT2D eigenvalue weighted by Crippen LogP contribution is 2.50. The molecule has 1 N–H and O–H groups in total. The van der Waals surface area contributed by atoms with Crippen molar-refractivity contribution in [1.29, 1.82) is 0 Å². The summed E-state index contributed by atoms with van der Waals surface area (Å²) in [6.07, 6.45) is -5.70. The predicted octanol–water partition coefficient (Wildman–Crippen LogP) is 6.56. The third-order valence-electron chi connectivity index (χ3n) is 6.24. The van der Waals surface area contributed by atoms with E-state index in [1.54, 1.807) is 24.3 Å². The van der Waals surface area contributed by atoms with Gasteiger partial charge in [-0.3, -0.25) is 4.79 Å². The van der Waals surface area contributed by atoms with Crippen LogP contribution in [0.2, 0.25) is 10.0 Å². The number of methoxy groups -OCH3 is 2. The zero-order valence-corrected chi connectivity index (χ0v) is 21.2. The van der Waals surface area contributed by atoms with Gasteiger partial charge in [0.15, 0.2) is 5.82 Å². The fourth-order valence-electron chi connectivity index (χ4n) is 4.04. The van der Waals surface area contributed by atoms with Crippen LogP contribution in [0.4, 0.5) is 17.6 Å². The molecule has 12 heteroatoms. The lowest BCUT2D eigenvalue weighted by Gasteiger charge is -2.30. The van der Waals surface area contributed by atoms with Crippen LogP contribution < -0.4 is 5.32 Å². The molecule has 6 nitrogen and oxygen atoms in total. The van der Waals surface area contributed by atoms with Crippen LogP contribution in [0.25, 0.3) is 10.8 Å². The van der Waals surface area contributed by atoms with Crippen molar-refractivity contribution < 1.29 is 36.7 Å². The monoisotopic (exact) mass is 558 g/mol. The largest absolute Gasteiger partial charge is 0.435 e. The van der Waals surface area contributed by atoms with Crippen molar-refractivity contribution in [1.82, 2.24) is 5.32 Å². The van der Waals surface area contributed by atoms with E-state index in [1.165, 1.54) is 33.3 Å².